The van der Waals surface area contributed by atoms with E-state index in [-0.39, 0.29) is 17.9 Å². The van der Waals surface area contributed by atoms with E-state index < -0.39 is 0 Å². The van der Waals surface area contributed by atoms with E-state index in [2.05, 4.69) is 5.32 Å². The van der Waals surface area contributed by atoms with Gasteiger partial charge in [-0.15, -0.1) is 0 Å². The minimum atomic E-state index is 0.0353. The highest BCUT2D eigenvalue weighted by molar-refractivity contribution is 6.30. The minimum Gasteiger partial charge on any atom is -0.355 e. The first-order valence-electron chi connectivity index (χ1n) is 7.43. The molecule has 4 unspecified atom stereocenters. The monoisotopic (exact) mass is 292 g/mol. The van der Waals surface area contributed by atoms with Crippen LogP contribution in [0.15, 0.2) is 24.3 Å². The lowest BCUT2D eigenvalue weighted by Gasteiger charge is -2.27. The molecule has 0 saturated heterocycles. The van der Waals surface area contributed by atoms with Crippen molar-refractivity contribution in [1.29, 1.82) is 0 Å². The first kappa shape index (κ1) is 13.9. The molecule has 2 fully saturated rings. The molecule has 0 spiro atoms. The Morgan fingerprint density at radius 1 is 1.35 bits per heavy atom. The summed E-state index contributed by atoms with van der Waals surface area (Å²) in [6.07, 6.45) is 4.33. The molecule has 1 aromatic carbocycles. The lowest BCUT2D eigenvalue weighted by molar-refractivity contribution is -0.127. The molecule has 2 aliphatic rings. The Labute approximate surface area is 124 Å². The van der Waals surface area contributed by atoms with Gasteiger partial charge in [0, 0.05) is 17.6 Å². The molecule has 3 nitrogen and oxygen atoms in total. The third kappa shape index (κ3) is 2.70. The highest BCUT2D eigenvalue weighted by Gasteiger charge is 2.48. The summed E-state index contributed by atoms with van der Waals surface area (Å²) in [5.41, 5.74) is 7.34. The van der Waals surface area contributed by atoms with Crippen molar-refractivity contribution in [1.82, 2.24) is 5.32 Å². The molecule has 0 radical (unpaired) electrons. The fourth-order valence-corrected chi connectivity index (χ4v) is 4.08. The SMILES string of the molecule is NC1C2CCC(C2)C1C(=O)NCCc1cccc(Cl)c1. The molecule has 3 N–H and O–H groups in total. The number of carbonyl (C=O) groups is 1. The summed E-state index contributed by atoms with van der Waals surface area (Å²) >= 11 is 5.95. The largest absolute Gasteiger partial charge is 0.355 e. The smallest absolute Gasteiger partial charge is 0.224 e. The van der Waals surface area contributed by atoms with E-state index in [0.717, 1.165) is 23.4 Å². The van der Waals surface area contributed by atoms with Gasteiger partial charge in [0.1, 0.15) is 0 Å². The Kier molecular flexibility index (Phi) is 3.99. The number of nitrogens with one attached hydrogen (secondary N) is 1. The van der Waals surface area contributed by atoms with Gasteiger partial charge in [0.15, 0.2) is 0 Å². The van der Waals surface area contributed by atoms with Gasteiger partial charge < -0.3 is 11.1 Å². The number of halogens is 1. The van der Waals surface area contributed by atoms with Crippen LogP contribution in [-0.4, -0.2) is 18.5 Å². The summed E-state index contributed by atoms with van der Waals surface area (Å²) in [4.78, 5) is 12.3. The van der Waals surface area contributed by atoms with Crippen LogP contribution in [0.2, 0.25) is 5.02 Å². The topological polar surface area (TPSA) is 55.1 Å². The Hall–Kier alpha value is -1.06. The molecule has 2 bridgehead atoms. The van der Waals surface area contributed by atoms with E-state index in [9.17, 15) is 4.79 Å². The van der Waals surface area contributed by atoms with Crippen LogP contribution in [0.5, 0.6) is 0 Å². The van der Waals surface area contributed by atoms with Crippen LogP contribution in [0.25, 0.3) is 0 Å². The second-order valence-corrected chi connectivity index (χ2v) is 6.54. The second kappa shape index (κ2) is 5.74. The van der Waals surface area contributed by atoms with Crippen molar-refractivity contribution in [3.05, 3.63) is 34.9 Å². The van der Waals surface area contributed by atoms with Crippen molar-refractivity contribution in [3.8, 4) is 0 Å². The van der Waals surface area contributed by atoms with Gasteiger partial charge in [0.2, 0.25) is 5.91 Å². The quantitative estimate of drug-likeness (QED) is 0.895. The normalized spacial score (nSPS) is 31.5. The van der Waals surface area contributed by atoms with Crippen molar-refractivity contribution in [2.24, 2.45) is 23.5 Å². The number of carbonyl (C=O) groups excluding carboxylic acids is 1. The van der Waals surface area contributed by atoms with Gasteiger partial charge in [0.25, 0.3) is 0 Å². The highest BCUT2D eigenvalue weighted by Crippen LogP contribution is 2.47. The summed E-state index contributed by atoms with van der Waals surface area (Å²) < 4.78 is 0. The standard InChI is InChI=1S/C16H21ClN2O/c17-13-3-1-2-10(8-13)6-7-19-16(20)14-11-4-5-12(9-11)15(14)18/h1-3,8,11-12,14-15H,4-7,9,18H2,(H,19,20). The predicted octanol–water partition coefficient (Wildman–Crippen LogP) is 2.37. The van der Waals surface area contributed by atoms with Gasteiger partial charge in [-0.2, -0.15) is 0 Å². The maximum Gasteiger partial charge on any atom is 0.224 e. The Morgan fingerprint density at radius 2 is 2.15 bits per heavy atom. The molecule has 1 aromatic rings. The van der Waals surface area contributed by atoms with E-state index in [1.165, 1.54) is 12.8 Å². The van der Waals surface area contributed by atoms with Crippen LogP contribution in [0.1, 0.15) is 24.8 Å². The number of hydrogen-bond acceptors (Lipinski definition) is 2. The molecule has 20 heavy (non-hydrogen) atoms. The van der Waals surface area contributed by atoms with Gasteiger partial charge in [-0.1, -0.05) is 23.7 Å². The van der Waals surface area contributed by atoms with E-state index in [4.69, 9.17) is 17.3 Å². The maximum atomic E-state index is 12.3. The number of benzene rings is 1. The van der Waals surface area contributed by atoms with Crippen LogP contribution in [-0.2, 0) is 11.2 Å². The number of rotatable bonds is 4. The van der Waals surface area contributed by atoms with Crippen LogP contribution >= 0.6 is 11.6 Å². The van der Waals surface area contributed by atoms with Crippen molar-refractivity contribution in [2.75, 3.05) is 6.54 Å². The Morgan fingerprint density at radius 3 is 2.85 bits per heavy atom. The first-order chi connectivity index (χ1) is 9.65. The average molecular weight is 293 g/mol. The molecule has 1 amide bonds. The maximum absolute atomic E-state index is 12.3. The predicted molar refractivity (Wildman–Crippen MR) is 80.5 cm³/mol. The summed E-state index contributed by atoms with van der Waals surface area (Å²) in [7, 11) is 0. The molecule has 108 valence electrons. The molecule has 4 heteroatoms. The van der Waals surface area contributed by atoms with Gasteiger partial charge in [-0.25, -0.2) is 0 Å². The summed E-state index contributed by atoms with van der Waals surface area (Å²) in [5.74, 6) is 1.27. The Bertz CT molecular complexity index is 503. The van der Waals surface area contributed by atoms with E-state index in [0.29, 0.717) is 18.4 Å². The van der Waals surface area contributed by atoms with Crippen LogP contribution < -0.4 is 11.1 Å². The molecular weight excluding hydrogens is 272 g/mol. The molecule has 0 aromatic heterocycles. The van der Waals surface area contributed by atoms with Gasteiger partial charge in [0.05, 0.1) is 5.92 Å². The van der Waals surface area contributed by atoms with Crippen LogP contribution in [0, 0.1) is 17.8 Å². The van der Waals surface area contributed by atoms with E-state index in [1.807, 2.05) is 24.3 Å². The molecule has 3 rings (SSSR count). The molecule has 2 aliphatic carbocycles. The molecule has 0 aliphatic heterocycles. The van der Waals surface area contributed by atoms with Crippen LogP contribution in [0.3, 0.4) is 0 Å². The van der Waals surface area contributed by atoms with E-state index >= 15 is 0 Å². The summed E-state index contributed by atoms with van der Waals surface area (Å²) in [6.45, 7) is 0.653. The molecule has 2 saturated carbocycles. The van der Waals surface area contributed by atoms with Gasteiger partial charge in [-0.05, 0) is 55.2 Å². The first-order valence-corrected chi connectivity index (χ1v) is 7.80. The second-order valence-electron chi connectivity index (χ2n) is 6.11. The number of hydrogen-bond donors (Lipinski definition) is 2. The number of nitrogens with two attached hydrogens (primary N) is 1. The zero-order chi connectivity index (χ0) is 14.1. The van der Waals surface area contributed by atoms with E-state index in [1.54, 1.807) is 0 Å². The zero-order valence-electron chi connectivity index (χ0n) is 11.5. The lowest BCUT2D eigenvalue weighted by Crippen LogP contribution is -2.45. The van der Waals surface area contributed by atoms with Gasteiger partial charge in [-0.3, -0.25) is 4.79 Å². The summed E-state index contributed by atoms with van der Waals surface area (Å²) in [6, 6.07) is 7.83. The zero-order valence-corrected chi connectivity index (χ0v) is 12.3. The lowest BCUT2D eigenvalue weighted by atomic mass is 9.84. The van der Waals surface area contributed by atoms with Crippen LogP contribution in [0.4, 0.5) is 0 Å². The summed E-state index contributed by atoms with van der Waals surface area (Å²) in [5, 5.41) is 3.79. The number of amides is 1. The number of fused-ring (bicyclic) bond motifs is 2. The minimum absolute atomic E-state index is 0.0353. The average Bonchev–Trinajstić information content (AvgIpc) is 2.99. The van der Waals surface area contributed by atoms with Crippen molar-refractivity contribution in [2.45, 2.75) is 31.7 Å². The third-order valence-corrected chi connectivity index (χ3v) is 5.12. The molecule has 4 atom stereocenters. The fourth-order valence-electron chi connectivity index (χ4n) is 3.87. The van der Waals surface area contributed by atoms with Crippen molar-refractivity contribution < 1.29 is 4.79 Å². The fraction of sp³-hybridized carbons (Fsp3) is 0.562. The highest BCUT2D eigenvalue weighted by atomic mass is 35.5. The van der Waals surface area contributed by atoms with Crippen molar-refractivity contribution >= 4 is 17.5 Å². The molecule has 0 heterocycles. The third-order valence-electron chi connectivity index (χ3n) is 4.89. The van der Waals surface area contributed by atoms with Gasteiger partial charge >= 0.3 is 0 Å². The Balaban J connectivity index is 1.50. The molecular formula is C16H21ClN2O. The van der Waals surface area contributed by atoms with Crippen molar-refractivity contribution in [3.63, 3.8) is 0 Å².